The van der Waals surface area contributed by atoms with Crippen molar-refractivity contribution >= 4 is 16.9 Å². The maximum absolute atomic E-state index is 6.09. The standard InChI is InChI=1S/C24H31N5O2/c1-25-15-20-22(30-16-18-3-4-18)8-6-19-21(28-31-23(19)20)7-5-17-9-13-29(14-10-17)24-26-11-2-12-27-24/h2,6,8,11-12,17-18,25H,3-5,7,9-10,13-16H2,1H3. The third-order valence-electron chi connectivity index (χ3n) is 6.54. The molecule has 0 amide bonds. The Kier molecular flexibility index (Phi) is 6.02. The lowest BCUT2D eigenvalue weighted by molar-refractivity contribution is 0.296. The van der Waals surface area contributed by atoms with E-state index in [4.69, 9.17) is 9.26 Å². The first-order chi connectivity index (χ1) is 15.3. The molecule has 1 saturated carbocycles. The summed E-state index contributed by atoms with van der Waals surface area (Å²) in [6.07, 6.45) is 10.6. The van der Waals surface area contributed by atoms with Gasteiger partial charge in [0.25, 0.3) is 0 Å². The monoisotopic (exact) mass is 421 g/mol. The quantitative estimate of drug-likeness (QED) is 0.560. The number of rotatable bonds is 9. The van der Waals surface area contributed by atoms with Crippen LogP contribution in [0.1, 0.15) is 43.4 Å². The van der Waals surface area contributed by atoms with Crippen LogP contribution >= 0.6 is 0 Å². The van der Waals surface area contributed by atoms with Crippen molar-refractivity contribution in [1.82, 2.24) is 20.4 Å². The number of nitrogens with zero attached hydrogens (tertiary/aromatic N) is 4. The van der Waals surface area contributed by atoms with Gasteiger partial charge in [-0.25, -0.2) is 9.97 Å². The molecule has 0 radical (unpaired) electrons. The number of nitrogens with one attached hydrogen (secondary N) is 1. The highest BCUT2D eigenvalue weighted by Crippen LogP contribution is 2.34. The number of hydrogen-bond donors (Lipinski definition) is 1. The second kappa shape index (κ2) is 9.22. The summed E-state index contributed by atoms with van der Waals surface area (Å²) in [6, 6.07) is 6.08. The van der Waals surface area contributed by atoms with Crippen molar-refractivity contribution in [2.75, 3.05) is 31.6 Å². The number of piperidine rings is 1. The summed E-state index contributed by atoms with van der Waals surface area (Å²) in [5.41, 5.74) is 3.01. The summed E-state index contributed by atoms with van der Waals surface area (Å²) >= 11 is 0. The van der Waals surface area contributed by atoms with Crippen LogP contribution in [-0.4, -0.2) is 41.9 Å². The van der Waals surface area contributed by atoms with E-state index in [1.807, 2.05) is 25.5 Å². The molecule has 2 aliphatic rings. The van der Waals surface area contributed by atoms with Crippen LogP contribution in [0.15, 0.2) is 35.1 Å². The SMILES string of the molecule is CNCc1c(OCC2CC2)ccc2c(CCC3CCN(c4ncccn4)CC3)noc12. The molecule has 7 nitrogen and oxygen atoms in total. The smallest absolute Gasteiger partial charge is 0.225 e. The van der Waals surface area contributed by atoms with Gasteiger partial charge in [-0.3, -0.25) is 0 Å². The molecule has 3 heterocycles. The van der Waals surface area contributed by atoms with Gasteiger partial charge in [-0.1, -0.05) is 5.16 Å². The number of anilines is 1. The van der Waals surface area contributed by atoms with E-state index < -0.39 is 0 Å². The first-order valence-corrected chi connectivity index (χ1v) is 11.5. The highest BCUT2D eigenvalue weighted by atomic mass is 16.5. The molecule has 0 unspecified atom stereocenters. The van der Waals surface area contributed by atoms with Crippen molar-refractivity contribution in [2.45, 2.75) is 45.1 Å². The van der Waals surface area contributed by atoms with E-state index in [1.165, 1.54) is 12.8 Å². The van der Waals surface area contributed by atoms with E-state index >= 15 is 0 Å². The second-order valence-corrected chi connectivity index (χ2v) is 8.85. The molecule has 3 aromatic rings. The van der Waals surface area contributed by atoms with Gasteiger partial charge in [0.15, 0.2) is 5.58 Å². The summed E-state index contributed by atoms with van der Waals surface area (Å²) in [7, 11) is 1.95. The van der Waals surface area contributed by atoms with Crippen LogP contribution in [0.4, 0.5) is 5.95 Å². The predicted octanol–water partition coefficient (Wildman–Crippen LogP) is 3.98. The van der Waals surface area contributed by atoms with Gasteiger partial charge in [-0.15, -0.1) is 0 Å². The molecule has 31 heavy (non-hydrogen) atoms. The van der Waals surface area contributed by atoms with Crippen LogP contribution in [0.5, 0.6) is 5.75 Å². The Morgan fingerprint density at radius 3 is 2.65 bits per heavy atom. The molecule has 2 aromatic heterocycles. The largest absolute Gasteiger partial charge is 0.493 e. The zero-order valence-electron chi connectivity index (χ0n) is 18.2. The minimum absolute atomic E-state index is 0.699. The Morgan fingerprint density at radius 2 is 1.90 bits per heavy atom. The van der Waals surface area contributed by atoms with Gasteiger partial charge in [0.1, 0.15) is 5.75 Å². The van der Waals surface area contributed by atoms with Crippen molar-refractivity contribution < 1.29 is 9.26 Å². The third-order valence-corrected chi connectivity index (χ3v) is 6.54. The van der Waals surface area contributed by atoms with E-state index in [9.17, 15) is 0 Å². The lowest BCUT2D eigenvalue weighted by atomic mass is 9.91. The minimum Gasteiger partial charge on any atom is -0.493 e. The molecular weight excluding hydrogens is 390 g/mol. The van der Waals surface area contributed by atoms with Crippen LogP contribution in [0.2, 0.25) is 0 Å². The van der Waals surface area contributed by atoms with Crippen LogP contribution in [0, 0.1) is 11.8 Å². The van der Waals surface area contributed by atoms with Gasteiger partial charge >= 0.3 is 0 Å². The number of benzene rings is 1. The highest BCUT2D eigenvalue weighted by molar-refractivity contribution is 5.84. The summed E-state index contributed by atoms with van der Waals surface area (Å²) in [4.78, 5) is 11.1. The molecule has 0 spiro atoms. The lowest BCUT2D eigenvalue weighted by Crippen LogP contribution is -2.34. The summed E-state index contributed by atoms with van der Waals surface area (Å²) < 4.78 is 11.9. The molecule has 1 aliphatic heterocycles. The normalized spacial score (nSPS) is 17.4. The van der Waals surface area contributed by atoms with Crippen LogP contribution in [0.25, 0.3) is 11.0 Å². The summed E-state index contributed by atoms with van der Waals surface area (Å²) in [5.74, 6) is 3.19. The number of hydrogen-bond acceptors (Lipinski definition) is 7. The van der Waals surface area contributed by atoms with Gasteiger partial charge < -0.3 is 19.5 Å². The van der Waals surface area contributed by atoms with E-state index in [0.717, 1.165) is 85.2 Å². The lowest BCUT2D eigenvalue weighted by Gasteiger charge is -2.31. The molecule has 1 N–H and O–H groups in total. The van der Waals surface area contributed by atoms with Gasteiger partial charge in [-0.2, -0.15) is 0 Å². The fourth-order valence-corrected chi connectivity index (χ4v) is 4.46. The number of aryl methyl sites for hydroxylation is 1. The van der Waals surface area contributed by atoms with Gasteiger partial charge in [0, 0.05) is 37.4 Å². The molecule has 0 atom stereocenters. The fraction of sp³-hybridized carbons (Fsp3) is 0.542. The number of ether oxygens (including phenoxy) is 1. The predicted molar refractivity (Wildman–Crippen MR) is 120 cm³/mol. The average Bonchev–Trinajstić information content (AvgIpc) is 3.56. The van der Waals surface area contributed by atoms with E-state index in [-0.39, 0.29) is 0 Å². The van der Waals surface area contributed by atoms with Crippen molar-refractivity contribution in [3.05, 3.63) is 41.9 Å². The maximum atomic E-state index is 6.09. The maximum Gasteiger partial charge on any atom is 0.225 e. The second-order valence-electron chi connectivity index (χ2n) is 8.85. The fourth-order valence-electron chi connectivity index (χ4n) is 4.46. The topological polar surface area (TPSA) is 76.3 Å². The van der Waals surface area contributed by atoms with Crippen molar-refractivity contribution in [3.8, 4) is 5.75 Å². The highest BCUT2D eigenvalue weighted by Gasteiger charge is 2.24. The zero-order valence-corrected chi connectivity index (χ0v) is 18.2. The molecule has 2 fully saturated rings. The first kappa shape index (κ1) is 20.2. The van der Waals surface area contributed by atoms with Crippen LogP contribution < -0.4 is 15.0 Å². The molecular formula is C24H31N5O2. The Bertz CT molecular complexity index is 994. The minimum atomic E-state index is 0.699. The third kappa shape index (κ3) is 4.66. The molecule has 1 saturated heterocycles. The summed E-state index contributed by atoms with van der Waals surface area (Å²) in [6.45, 7) is 3.55. The van der Waals surface area contributed by atoms with E-state index in [2.05, 4.69) is 37.5 Å². The molecule has 7 heteroatoms. The van der Waals surface area contributed by atoms with Crippen molar-refractivity contribution in [2.24, 2.45) is 11.8 Å². The zero-order chi connectivity index (χ0) is 21.0. The van der Waals surface area contributed by atoms with E-state index in [0.29, 0.717) is 12.5 Å². The number of aromatic nitrogens is 3. The molecule has 164 valence electrons. The average molecular weight is 422 g/mol. The van der Waals surface area contributed by atoms with E-state index in [1.54, 1.807) is 0 Å². The Morgan fingerprint density at radius 1 is 1.10 bits per heavy atom. The molecule has 1 aromatic carbocycles. The van der Waals surface area contributed by atoms with Crippen LogP contribution in [0.3, 0.4) is 0 Å². The van der Waals surface area contributed by atoms with Crippen LogP contribution in [-0.2, 0) is 13.0 Å². The molecule has 1 aliphatic carbocycles. The van der Waals surface area contributed by atoms with Crippen molar-refractivity contribution in [3.63, 3.8) is 0 Å². The molecule has 0 bridgehead atoms. The van der Waals surface area contributed by atoms with Gasteiger partial charge in [-0.05, 0) is 75.6 Å². The number of fused-ring (bicyclic) bond motifs is 1. The molecule has 5 rings (SSSR count). The Balaban J connectivity index is 1.22. The Labute approximate surface area is 183 Å². The first-order valence-electron chi connectivity index (χ1n) is 11.5. The Hall–Kier alpha value is -2.67. The van der Waals surface area contributed by atoms with Gasteiger partial charge in [0.05, 0.1) is 17.9 Å². The van der Waals surface area contributed by atoms with Gasteiger partial charge in [0.2, 0.25) is 5.95 Å². The summed E-state index contributed by atoms with van der Waals surface area (Å²) in [5, 5.41) is 8.82. The van der Waals surface area contributed by atoms with Crippen molar-refractivity contribution in [1.29, 1.82) is 0 Å².